The van der Waals surface area contributed by atoms with E-state index in [1.807, 2.05) is 13.2 Å². The molecule has 1 amide bonds. The predicted molar refractivity (Wildman–Crippen MR) is 79.7 cm³/mol. The van der Waals surface area contributed by atoms with Gasteiger partial charge in [0.15, 0.2) is 0 Å². The molecule has 1 unspecified atom stereocenters. The van der Waals surface area contributed by atoms with Crippen LogP contribution in [0.25, 0.3) is 5.69 Å². The number of carbonyl (C=O) groups excluding carboxylic acids is 1. The average molecular weight is 293 g/mol. The van der Waals surface area contributed by atoms with E-state index >= 15 is 0 Å². The lowest BCUT2D eigenvalue weighted by Crippen LogP contribution is -2.15. The molecule has 2 aromatic rings. The van der Waals surface area contributed by atoms with Crippen molar-refractivity contribution >= 4 is 23.4 Å². The smallest absolute Gasteiger partial charge is 0.225 e. The number of carbonyl (C=O) groups is 1. The number of amides is 1. The van der Waals surface area contributed by atoms with Gasteiger partial charge in [-0.05, 0) is 18.4 Å². The number of benzene rings is 1. The van der Waals surface area contributed by atoms with E-state index in [-0.39, 0.29) is 17.0 Å². The van der Waals surface area contributed by atoms with Crippen LogP contribution in [0.15, 0.2) is 36.7 Å². The second-order valence-electron chi connectivity index (χ2n) is 4.42. The lowest BCUT2D eigenvalue weighted by Gasteiger charge is -2.07. The number of rotatable bonds is 5. The zero-order valence-corrected chi connectivity index (χ0v) is 12.2. The molecule has 2 rings (SSSR count). The molecule has 1 aromatic carbocycles. The Morgan fingerprint density at radius 3 is 2.95 bits per heavy atom. The third-order valence-corrected chi connectivity index (χ3v) is 3.81. The van der Waals surface area contributed by atoms with Gasteiger partial charge in [-0.2, -0.15) is 16.9 Å². The molecule has 0 saturated heterocycles. The minimum absolute atomic E-state index is 0.0695. The van der Waals surface area contributed by atoms with Crippen molar-refractivity contribution in [1.29, 1.82) is 0 Å². The van der Waals surface area contributed by atoms with Crippen molar-refractivity contribution in [3.8, 4) is 5.69 Å². The van der Waals surface area contributed by atoms with E-state index in [1.165, 1.54) is 16.9 Å². The number of nitrogens with one attached hydrogen (secondary N) is 1. The number of nitrogens with zero attached hydrogens (tertiary/aromatic N) is 2. The molecule has 0 aliphatic rings. The molecule has 0 fully saturated rings. The summed E-state index contributed by atoms with van der Waals surface area (Å²) in [5, 5.41) is 7.08. The molecule has 1 N–H and O–H groups in total. The standard InChI is InChI=1S/C14H16FN3OS/c1-10(20-2)7-14(19)17-11-8-16-18(9-11)13-6-4-3-5-12(13)15/h3-6,8-10H,7H2,1-2H3,(H,17,19). The quantitative estimate of drug-likeness (QED) is 0.921. The number of hydrogen-bond donors (Lipinski definition) is 1. The normalized spacial score (nSPS) is 12.2. The van der Waals surface area contributed by atoms with Crippen LogP contribution < -0.4 is 5.32 Å². The summed E-state index contributed by atoms with van der Waals surface area (Å²) in [6, 6.07) is 6.35. The molecule has 1 aromatic heterocycles. The van der Waals surface area contributed by atoms with Crippen molar-refractivity contribution in [3.63, 3.8) is 0 Å². The highest BCUT2D eigenvalue weighted by Gasteiger charge is 2.10. The summed E-state index contributed by atoms with van der Waals surface area (Å²) in [6.07, 6.45) is 5.51. The fraction of sp³-hybridized carbons (Fsp3) is 0.286. The SMILES string of the molecule is CSC(C)CC(=O)Nc1cnn(-c2ccccc2F)c1. The molecule has 106 valence electrons. The molecule has 0 aliphatic heterocycles. The van der Waals surface area contributed by atoms with E-state index in [1.54, 1.807) is 36.2 Å². The summed E-state index contributed by atoms with van der Waals surface area (Å²) in [4.78, 5) is 11.8. The maximum Gasteiger partial charge on any atom is 0.225 e. The Hall–Kier alpha value is -1.82. The highest BCUT2D eigenvalue weighted by atomic mass is 32.2. The molecule has 0 aliphatic carbocycles. The van der Waals surface area contributed by atoms with E-state index < -0.39 is 0 Å². The largest absolute Gasteiger partial charge is 0.323 e. The Labute approximate surface area is 121 Å². The highest BCUT2D eigenvalue weighted by molar-refractivity contribution is 7.99. The van der Waals surface area contributed by atoms with E-state index in [9.17, 15) is 9.18 Å². The van der Waals surface area contributed by atoms with E-state index in [0.717, 1.165) is 0 Å². The molecule has 0 radical (unpaired) electrons. The minimum atomic E-state index is -0.357. The summed E-state index contributed by atoms with van der Waals surface area (Å²) in [5.74, 6) is -0.426. The van der Waals surface area contributed by atoms with Crippen molar-refractivity contribution in [2.45, 2.75) is 18.6 Å². The first-order valence-electron chi connectivity index (χ1n) is 6.22. The first kappa shape index (κ1) is 14.6. The van der Waals surface area contributed by atoms with Gasteiger partial charge in [-0.1, -0.05) is 19.1 Å². The van der Waals surface area contributed by atoms with Gasteiger partial charge < -0.3 is 5.32 Å². The van der Waals surface area contributed by atoms with Crippen molar-refractivity contribution in [2.24, 2.45) is 0 Å². The fourth-order valence-corrected chi connectivity index (χ4v) is 2.03. The Kier molecular flexibility index (Phi) is 4.79. The van der Waals surface area contributed by atoms with E-state index in [0.29, 0.717) is 17.8 Å². The maximum atomic E-state index is 13.6. The van der Waals surface area contributed by atoms with Crippen LogP contribution in [0.1, 0.15) is 13.3 Å². The van der Waals surface area contributed by atoms with Crippen LogP contribution in [0.3, 0.4) is 0 Å². The molecule has 0 saturated carbocycles. The van der Waals surface area contributed by atoms with Crippen LogP contribution in [0.5, 0.6) is 0 Å². The molecule has 6 heteroatoms. The number of aromatic nitrogens is 2. The van der Waals surface area contributed by atoms with Gasteiger partial charge in [0.25, 0.3) is 0 Å². The molecule has 0 bridgehead atoms. The lowest BCUT2D eigenvalue weighted by molar-refractivity contribution is -0.116. The first-order valence-corrected chi connectivity index (χ1v) is 7.51. The number of halogens is 1. The third-order valence-electron chi connectivity index (χ3n) is 2.84. The monoisotopic (exact) mass is 293 g/mol. The maximum absolute atomic E-state index is 13.6. The van der Waals surface area contributed by atoms with Gasteiger partial charge in [0.05, 0.1) is 18.1 Å². The number of thioether (sulfide) groups is 1. The summed E-state index contributed by atoms with van der Waals surface area (Å²) in [5.41, 5.74) is 0.914. The minimum Gasteiger partial charge on any atom is -0.323 e. The van der Waals surface area contributed by atoms with Gasteiger partial charge in [-0.25, -0.2) is 9.07 Å². The first-order chi connectivity index (χ1) is 9.60. The molecule has 4 nitrogen and oxygen atoms in total. The Bertz CT molecular complexity index is 600. The molecule has 20 heavy (non-hydrogen) atoms. The summed E-state index contributed by atoms with van der Waals surface area (Å²) in [6.45, 7) is 1.99. The van der Waals surface area contributed by atoms with Gasteiger partial charge in [0.1, 0.15) is 11.5 Å². The Morgan fingerprint density at radius 1 is 1.50 bits per heavy atom. The Morgan fingerprint density at radius 2 is 2.25 bits per heavy atom. The zero-order chi connectivity index (χ0) is 14.5. The molecule has 1 atom stereocenters. The lowest BCUT2D eigenvalue weighted by atomic mass is 10.3. The average Bonchev–Trinajstić information content (AvgIpc) is 2.87. The molecule has 0 spiro atoms. The highest BCUT2D eigenvalue weighted by Crippen LogP contribution is 2.16. The number of anilines is 1. The van der Waals surface area contributed by atoms with Crippen molar-refractivity contribution < 1.29 is 9.18 Å². The van der Waals surface area contributed by atoms with Crippen molar-refractivity contribution in [2.75, 3.05) is 11.6 Å². The van der Waals surface area contributed by atoms with Crippen LogP contribution in [0.2, 0.25) is 0 Å². The third kappa shape index (κ3) is 3.60. The van der Waals surface area contributed by atoms with Crippen molar-refractivity contribution in [3.05, 3.63) is 42.5 Å². The van der Waals surface area contributed by atoms with E-state index in [2.05, 4.69) is 10.4 Å². The number of para-hydroxylation sites is 1. The van der Waals surface area contributed by atoms with Crippen LogP contribution in [0.4, 0.5) is 10.1 Å². The molecule has 1 heterocycles. The fourth-order valence-electron chi connectivity index (χ4n) is 1.71. The van der Waals surface area contributed by atoms with E-state index in [4.69, 9.17) is 0 Å². The predicted octanol–water partition coefficient (Wildman–Crippen LogP) is 3.09. The van der Waals surface area contributed by atoms with Crippen LogP contribution in [-0.2, 0) is 4.79 Å². The summed E-state index contributed by atoms with van der Waals surface area (Å²) < 4.78 is 15.0. The second kappa shape index (κ2) is 6.56. The zero-order valence-electron chi connectivity index (χ0n) is 11.3. The number of hydrogen-bond acceptors (Lipinski definition) is 3. The molecular weight excluding hydrogens is 277 g/mol. The van der Waals surface area contributed by atoms with Crippen LogP contribution in [0, 0.1) is 5.82 Å². The van der Waals surface area contributed by atoms with Gasteiger partial charge in [-0.15, -0.1) is 0 Å². The Balaban J connectivity index is 2.06. The van der Waals surface area contributed by atoms with Gasteiger partial charge in [0.2, 0.25) is 5.91 Å². The summed E-state index contributed by atoms with van der Waals surface area (Å²) in [7, 11) is 0. The van der Waals surface area contributed by atoms with Gasteiger partial charge in [0, 0.05) is 11.7 Å². The second-order valence-corrected chi connectivity index (χ2v) is 5.70. The van der Waals surface area contributed by atoms with Gasteiger partial charge in [-0.3, -0.25) is 4.79 Å². The topological polar surface area (TPSA) is 46.9 Å². The van der Waals surface area contributed by atoms with Crippen molar-refractivity contribution in [1.82, 2.24) is 9.78 Å². The van der Waals surface area contributed by atoms with Gasteiger partial charge >= 0.3 is 0 Å². The molecular formula is C14H16FN3OS. The summed E-state index contributed by atoms with van der Waals surface area (Å²) >= 11 is 1.64. The van der Waals surface area contributed by atoms with Crippen LogP contribution in [-0.4, -0.2) is 27.2 Å². The van der Waals surface area contributed by atoms with Crippen LogP contribution >= 0.6 is 11.8 Å².